The second kappa shape index (κ2) is 6.67. The Labute approximate surface area is 127 Å². The zero-order chi connectivity index (χ0) is 16.1. The number of aromatic hydroxyl groups is 2. The summed E-state index contributed by atoms with van der Waals surface area (Å²) in [6.45, 7) is 2.19. The van der Waals surface area contributed by atoms with Gasteiger partial charge in [-0.1, -0.05) is 18.2 Å². The van der Waals surface area contributed by atoms with Crippen molar-refractivity contribution >= 4 is 17.6 Å². The zero-order valence-corrected chi connectivity index (χ0v) is 12.0. The highest BCUT2D eigenvalue weighted by Gasteiger charge is 2.11. The molecule has 114 valence electrons. The summed E-state index contributed by atoms with van der Waals surface area (Å²) in [6.07, 6.45) is 1.48. The van der Waals surface area contributed by atoms with E-state index in [4.69, 9.17) is 4.74 Å². The summed E-state index contributed by atoms with van der Waals surface area (Å²) in [5, 5.41) is 28.3. The van der Waals surface area contributed by atoms with Crippen LogP contribution in [0.15, 0.2) is 42.5 Å². The van der Waals surface area contributed by atoms with Crippen LogP contribution in [-0.4, -0.2) is 27.9 Å². The average Bonchev–Trinajstić information content (AvgIpc) is 2.49. The molecule has 0 atom stereocenters. The quantitative estimate of drug-likeness (QED) is 0.583. The Hall–Kier alpha value is -2.95. The number of carbonyl (C=O) groups is 1. The molecule has 22 heavy (non-hydrogen) atoms. The topological polar surface area (TPSA) is 87.0 Å². The summed E-state index contributed by atoms with van der Waals surface area (Å²) in [4.78, 5) is 11.5. The SMILES string of the molecule is CCOc1cc(/C=C(\C(=O)O)c2ccc(O)cc2)ccc1O. The molecule has 0 spiro atoms. The lowest BCUT2D eigenvalue weighted by Crippen LogP contribution is -1.99. The van der Waals surface area contributed by atoms with Gasteiger partial charge in [0, 0.05) is 0 Å². The molecule has 2 aromatic carbocycles. The van der Waals surface area contributed by atoms with Crippen molar-refractivity contribution in [2.75, 3.05) is 6.61 Å². The molecule has 0 amide bonds. The average molecular weight is 300 g/mol. The Morgan fingerprint density at radius 2 is 1.82 bits per heavy atom. The summed E-state index contributed by atoms with van der Waals surface area (Å²) in [5.41, 5.74) is 1.14. The van der Waals surface area contributed by atoms with Crippen LogP contribution in [0.1, 0.15) is 18.1 Å². The molecule has 2 rings (SSSR count). The Balaban J connectivity index is 2.44. The molecule has 0 bridgehead atoms. The van der Waals surface area contributed by atoms with Gasteiger partial charge < -0.3 is 20.1 Å². The van der Waals surface area contributed by atoms with Crippen LogP contribution in [0.2, 0.25) is 0 Å². The molecule has 0 aliphatic carbocycles. The first kappa shape index (κ1) is 15.4. The van der Waals surface area contributed by atoms with Crippen LogP contribution in [0.3, 0.4) is 0 Å². The predicted octanol–water partition coefficient (Wildman–Crippen LogP) is 3.12. The van der Waals surface area contributed by atoms with E-state index in [9.17, 15) is 20.1 Å². The highest BCUT2D eigenvalue weighted by molar-refractivity contribution is 6.20. The van der Waals surface area contributed by atoms with Gasteiger partial charge in [0.15, 0.2) is 11.5 Å². The van der Waals surface area contributed by atoms with Crippen LogP contribution in [0.4, 0.5) is 0 Å². The fourth-order valence-electron chi connectivity index (χ4n) is 1.97. The Kier molecular flexibility index (Phi) is 4.68. The van der Waals surface area contributed by atoms with Gasteiger partial charge in [-0.15, -0.1) is 0 Å². The van der Waals surface area contributed by atoms with Crippen molar-refractivity contribution in [3.63, 3.8) is 0 Å². The number of phenolic OH excluding ortho intramolecular Hbond substituents is 2. The lowest BCUT2D eigenvalue weighted by atomic mass is 10.0. The molecular weight excluding hydrogens is 284 g/mol. The van der Waals surface area contributed by atoms with Crippen LogP contribution in [0, 0.1) is 0 Å². The number of phenols is 2. The summed E-state index contributed by atoms with van der Waals surface area (Å²) in [6, 6.07) is 10.5. The second-order valence-corrected chi connectivity index (χ2v) is 4.57. The van der Waals surface area contributed by atoms with E-state index in [1.807, 2.05) is 0 Å². The lowest BCUT2D eigenvalue weighted by Gasteiger charge is -2.08. The van der Waals surface area contributed by atoms with E-state index in [0.29, 0.717) is 23.5 Å². The largest absolute Gasteiger partial charge is 0.508 e. The number of hydrogen-bond donors (Lipinski definition) is 3. The first-order chi connectivity index (χ1) is 10.5. The van der Waals surface area contributed by atoms with Crippen molar-refractivity contribution in [2.24, 2.45) is 0 Å². The molecule has 0 saturated carbocycles. The Morgan fingerprint density at radius 3 is 2.41 bits per heavy atom. The van der Waals surface area contributed by atoms with Gasteiger partial charge in [-0.2, -0.15) is 0 Å². The van der Waals surface area contributed by atoms with E-state index in [2.05, 4.69) is 0 Å². The van der Waals surface area contributed by atoms with Gasteiger partial charge in [0.25, 0.3) is 0 Å². The third-order valence-corrected chi connectivity index (χ3v) is 3.00. The Morgan fingerprint density at radius 1 is 1.14 bits per heavy atom. The number of rotatable bonds is 5. The normalized spacial score (nSPS) is 11.2. The first-order valence-electron chi connectivity index (χ1n) is 6.71. The highest BCUT2D eigenvalue weighted by Crippen LogP contribution is 2.29. The van der Waals surface area contributed by atoms with E-state index in [0.717, 1.165) is 0 Å². The van der Waals surface area contributed by atoms with Crippen molar-refractivity contribution in [1.29, 1.82) is 0 Å². The van der Waals surface area contributed by atoms with Crippen molar-refractivity contribution in [3.05, 3.63) is 53.6 Å². The molecule has 0 saturated heterocycles. The minimum Gasteiger partial charge on any atom is -0.508 e. The lowest BCUT2D eigenvalue weighted by molar-refractivity contribution is -0.130. The molecule has 5 nitrogen and oxygen atoms in total. The monoisotopic (exact) mass is 300 g/mol. The van der Waals surface area contributed by atoms with E-state index in [1.165, 1.54) is 36.4 Å². The third-order valence-electron chi connectivity index (χ3n) is 3.00. The molecule has 3 N–H and O–H groups in total. The molecule has 0 radical (unpaired) electrons. The highest BCUT2D eigenvalue weighted by atomic mass is 16.5. The van der Waals surface area contributed by atoms with Gasteiger partial charge in [0.05, 0.1) is 12.2 Å². The maximum Gasteiger partial charge on any atom is 0.336 e. The molecule has 0 heterocycles. The summed E-state index contributed by atoms with van der Waals surface area (Å²) >= 11 is 0. The van der Waals surface area contributed by atoms with Gasteiger partial charge in [-0.3, -0.25) is 0 Å². The molecule has 0 unspecified atom stereocenters. The molecule has 0 aromatic heterocycles. The van der Waals surface area contributed by atoms with Crippen LogP contribution < -0.4 is 4.74 Å². The fourth-order valence-corrected chi connectivity index (χ4v) is 1.97. The number of carboxylic acids is 1. The molecule has 0 aliphatic heterocycles. The van der Waals surface area contributed by atoms with Crippen LogP contribution in [0.5, 0.6) is 17.2 Å². The number of hydrogen-bond acceptors (Lipinski definition) is 4. The number of carboxylic acid groups (broad SMARTS) is 1. The maximum atomic E-state index is 11.5. The van der Waals surface area contributed by atoms with Crippen molar-refractivity contribution in [3.8, 4) is 17.2 Å². The molecular formula is C17H16O5. The van der Waals surface area contributed by atoms with Crippen molar-refractivity contribution in [1.82, 2.24) is 0 Å². The minimum absolute atomic E-state index is 0.000471. The van der Waals surface area contributed by atoms with Crippen LogP contribution >= 0.6 is 0 Å². The van der Waals surface area contributed by atoms with Crippen molar-refractivity contribution < 1.29 is 24.9 Å². The van der Waals surface area contributed by atoms with Gasteiger partial charge in [-0.05, 0) is 48.4 Å². The molecule has 2 aromatic rings. The maximum absolute atomic E-state index is 11.5. The fraction of sp³-hybridized carbons (Fsp3) is 0.118. The van der Waals surface area contributed by atoms with Crippen molar-refractivity contribution in [2.45, 2.75) is 6.92 Å². The molecule has 5 heteroatoms. The summed E-state index contributed by atoms with van der Waals surface area (Å²) in [7, 11) is 0. The van der Waals surface area contributed by atoms with E-state index < -0.39 is 5.97 Å². The van der Waals surface area contributed by atoms with E-state index >= 15 is 0 Å². The van der Waals surface area contributed by atoms with E-state index in [1.54, 1.807) is 19.1 Å². The van der Waals surface area contributed by atoms with Gasteiger partial charge >= 0.3 is 5.97 Å². The number of ether oxygens (including phenoxy) is 1. The van der Waals surface area contributed by atoms with E-state index in [-0.39, 0.29) is 17.1 Å². The zero-order valence-electron chi connectivity index (χ0n) is 12.0. The van der Waals surface area contributed by atoms with Gasteiger partial charge in [0.2, 0.25) is 0 Å². The van der Waals surface area contributed by atoms with Crippen LogP contribution in [0.25, 0.3) is 11.6 Å². The second-order valence-electron chi connectivity index (χ2n) is 4.57. The number of benzene rings is 2. The summed E-state index contributed by atoms with van der Waals surface area (Å²) < 4.78 is 5.28. The van der Waals surface area contributed by atoms with Crippen LogP contribution in [-0.2, 0) is 4.79 Å². The van der Waals surface area contributed by atoms with Gasteiger partial charge in [-0.25, -0.2) is 4.79 Å². The summed E-state index contributed by atoms with van der Waals surface area (Å²) in [5.74, 6) is -0.722. The predicted molar refractivity (Wildman–Crippen MR) is 82.9 cm³/mol. The Bertz CT molecular complexity index is 701. The minimum atomic E-state index is -1.09. The standard InChI is InChI=1S/C17H16O5/c1-2-22-16-10-11(3-8-15(16)19)9-14(17(20)21)12-4-6-13(18)7-5-12/h3-10,18-19H,2H2,1H3,(H,20,21)/b14-9-. The smallest absolute Gasteiger partial charge is 0.336 e. The third kappa shape index (κ3) is 3.58. The molecule has 0 aliphatic rings. The number of aliphatic carboxylic acids is 1. The first-order valence-corrected chi connectivity index (χ1v) is 6.71. The van der Waals surface area contributed by atoms with Gasteiger partial charge in [0.1, 0.15) is 5.75 Å². The molecule has 0 fully saturated rings.